The van der Waals surface area contributed by atoms with E-state index in [9.17, 15) is 9.59 Å². The van der Waals surface area contributed by atoms with Gasteiger partial charge in [-0.2, -0.15) is 0 Å². The van der Waals surface area contributed by atoms with E-state index < -0.39 is 11.3 Å². The first-order valence-corrected chi connectivity index (χ1v) is 4.80. The molecule has 1 amide bonds. The molecule has 0 bridgehead atoms. The average molecular weight is 191 g/mol. The Kier molecular flexibility index (Phi) is 5.53. The lowest BCUT2D eigenvalue weighted by atomic mass is 10.4. The molecule has 70 valence electrons. The zero-order valence-corrected chi connectivity index (χ0v) is 7.98. The zero-order valence-electron chi connectivity index (χ0n) is 7.16. The van der Waals surface area contributed by atoms with Gasteiger partial charge in [0.15, 0.2) is 5.37 Å². The number of aliphatic carboxylic acids is 1. The number of carboxylic acid groups (broad SMARTS) is 1. The van der Waals surface area contributed by atoms with Crippen LogP contribution in [-0.2, 0) is 9.59 Å². The van der Waals surface area contributed by atoms with E-state index in [1.54, 1.807) is 6.92 Å². The van der Waals surface area contributed by atoms with E-state index in [0.29, 0.717) is 12.2 Å². The molecule has 5 heteroatoms. The van der Waals surface area contributed by atoms with Crippen molar-refractivity contribution < 1.29 is 14.7 Å². The van der Waals surface area contributed by atoms with Gasteiger partial charge in [0.2, 0.25) is 5.91 Å². The number of thioether (sulfide) groups is 1. The highest BCUT2D eigenvalue weighted by atomic mass is 32.2. The molecule has 0 aromatic carbocycles. The van der Waals surface area contributed by atoms with Crippen molar-refractivity contribution in [2.24, 2.45) is 0 Å². The van der Waals surface area contributed by atoms with Gasteiger partial charge in [-0.25, -0.2) is 4.79 Å². The lowest BCUT2D eigenvalue weighted by Crippen LogP contribution is -2.38. The van der Waals surface area contributed by atoms with Gasteiger partial charge in [0, 0.05) is 6.42 Å². The molecule has 0 saturated heterocycles. The predicted molar refractivity (Wildman–Crippen MR) is 48.0 cm³/mol. The van der Waals surface area contributed by atoms with Gasteiger partial charge in [0.05, 0.1) is 0 Å². The van der Waals surface area contributed by atoms with Crippen LogP contribution >= 0.6 is 11.8 Å². The van der Waals surface area contributed by atoms with E-state index in [2.05, 4.69) is 5.32 Å². The normalized spacial score (nSPS) is 12.2. The van der Waals surface area contributed by atoms with Gasteiger partial charge < -0.3 is 10.4 Å². The second-order valence-electron chi connectivity index (χ2n) is 2.09. The molecule has 1 atom stereocenters. The topological polar surface area (TPSA) is 66.4 Å². The second kappa shape index (κ2) is 5.88. The number of hydrogen-bond donors (Lipinski definition) is 2. The van der Waals surface area contributed by atoms with Crippen LogP contribution in [0, 0.1) is 0 Å². The molecule has 4 nitrogen and oxygen atoms in total. The fourth-order valence-corrected chi connectivity index (χ4v) is 1.28. The quantitative estimate of drug-likeness (QED) is 0.627. The van der Waals surface area contributed by atoms with Gasteiger partial charge in [-0.15, -0.1) is 11.8 Å². The number of carbonyl (C=O) groups excluding carboxylic acids is 1. The first kappa shape index (κ1) is 11.3. The number of rotatable bonds is 5. The van der Waals surface area contributed by atoms with Crippen LogP contribution in [0.2, 0.25) is 0 Å². The molecule has 0 aromatic heterocycles. The van der Waals surface area contributed by atoms with E-state index in [0.717, 1.165) is 0 Å². The molecule has 0 aliphatic carbocycles. The molecule has 0 radical (unpaired) electrons. The third kappa shape index (κ3) is 4.23. The number of carbonyl (C=O) groups is 2. The highest BCUT2D eigenvalue weighted by molar-refractivity contribution is 8.00. The van der Waals surface area contributed by atoms with E-state index in [-0.39, 0.29) is 5.91 Å². The van der Waals surface area contributed by atoms with E-state index in [1.165, 1.54) is 11.8 Å². The van der Waals surface area contributed by atoms with Crippen molar-refractivity contribution in [3.8, 4) is 0 Å². The van der Waals surface area contributed by atoms with Gasteiger partial charge in [-0.3, -0.25) is 4.79 Å². The smallest absolute Gasteiger partial charge is 0.336 e. The Hall–Kier alpha value is -0.710. The van der Waals surface area contributed by atoms with Crippen LogP contribution in [0.1, 0.15) is 20.3 Å². The van der Waals surface area contributed by atoms with Crippen molar-refractivity contribution in [1.82, 2.24) is 5.32 Å². The average Bonchev–Trinajstić information content (AvgIpc) is 2.03. The van der Waals surface area contributed by atoms with Crippen LogP contribution in [0.15, 0.2) is 0 Å². The Morgan fingerprint density at radius 3 is 2.42 bits per heavy atom. The molecular weight excluding hydrogens is 178 g/mol. The summed E-state index contributed by atoms with van der Waals surface area (Å²) < 4.78 is 0. The van der Waals surface area contributed by atoms with E-state index in [1.807, 2.05) is 6.92 Å². The molecule has 0 spiro atoms. The molecule has 0 rings (SSSR count). The fourth-order valence-electron chi connectivity index (χ4n) is 0.590. The number of amides is 1. The highest BCUT2D eigenvalue weighted by Crippen LogP contribution is 2.07. The molecule has 0 saturated carbocycles. The maximum Gasteiger partial charge on any atom is 0.336 e. The van der Waals surface area contributed by atoms with Gasteiger partial charge in [0.25, 0.3) is 0 Å². The number of carboxylic acids is 1. The van der Waals surface area contributed by atoms with Gasteiger partial charge in [0.1, 0.15) is 0 Å². The molecule has 0 fully saturated rings. The van der Waals surface area contributed by atoms with Crippen molar-refractivity contribution in [1.29, 1.82) is 0 Å². The summed E-state index contributed by atoms with van der Waals surface area (Å²) in [6.07, 6.45) is 0.314. The molecule has 0 aliphatic rings. The lowest BCUT2D eigenvalue weighted by molar-refractivity contribution is -0.139. The Morgan fingerprint density at radius 2 is 2.08 bits per heavy atom. The van der Waals surface area contributed by atoms with Crippen LogP contribution in [0.4, 0.5) is 0 Å². The molecule has 2 N–H and O–H groups in total. The molecular formula is C7H13NO3S. The summed E-state index contributed by atoms with van der Waals surface area (Å²) in [6, 6.07) is 0. The minimum absolute atomic E-state index is 0.233. The zero-order chi connectivity index (χ0) is 9.56. The van der Waals surface area contributed by atoms with E-state index >= 15 is 0 Å². The largest absolute Gasteiger partial charge is 0.479 e. The fraction of sp³-hybridized carbons (Fsp3) is 0.714. The lowest BCUT2D eigenvalue weighted by Gasteiger charge is -2.11. The Bertz CT molecular complexity index is 170. The SMILES string of the molecule is CCSC(NC(=O)CC)C(=O)O. The summed E-state index contributed by atoms with van der Waals surface area (Å²) >= 11 is 1.20. The van der Waals surface area contributed by atoms with Gasteiger partial charge >= 0.3 is 5.97 Å². The van der Waals surface area contributed by atoms with Gasteiger partial charge in [-0.05, 0) is 5.75 Å². The first-order valence-electron chi connectivity index (χ1n) is 3.75. The summed E-state index contributed by atoms with van der Waals surface area (Å²) in [6.45, 7) is 3.53. The third-order valence-corrected chi connectivity index (χ3v) is 2.16. The van der Waals surface area contributed by atoms with Gasteiger partial charge in [-0.1, -0.05) is 13.8 Å². The third-order valence-electron chi connectivity index (χ3n) is 1.17. The predicted octanol–water partition coefficient (Wildman–Crippen LogP) is 0.676. The van der Waals surface area contributed by atoms with Crippen LogP contribution in [0.25, 0.3) is 0 Å². The summed E-state index contributed by atoms with van der Waals surface area (Å²) in [4.78, 5) is 21.3. The minimum atomic E-state index is -0.997. The van der Waals surface area contributed by atoms with Crippen molar-refractivity contribution in [2.75, 3.05) is 5.75 Å². The first-order chi connectivity index (χ1) is 5.61. The van der Waals surface area contributed by atoms with Crippen LogP contribution in [0.3, 0.4) is 0 Å². The van der Waals surface area contributed by atoms with Crippen LogP contribution in [-0.4, -0.2) is 28.1 Å². The molecule has 0 aromatic rings. The van der Waals surface area contributed by atoms with Crippen molar-refractivity contribution in [3.05, 3.63) is 0 Å². The number of nitrogens with one attached hydrogen (secondary N) is 1. The Balaban J connectivity index is 3.95. The van der Waals surface area contributed by atoms with E-state index in [4.69, 9.17) is 5.11 Å². The summed E-state index contributed by atoms with van der Waals surface area (Å²) in [7, 11) is 0. The standard InChI is InChI=1S/C7H13NO3S/c1-3-5(9)8-6(7(10)11)12-4-2/h6H,3-4H2,1-2H3,(H,8,9)(H,10,11). The summed E-state index contributed by atoms with van der Waals surface area (Å²) in [5.41, 5.74) is 0. The second-order valence-corrected chi connectivity index (χ2v) is 3.48. The maximum atomic E-state index is 10.8. The summed E-state index contributed by atoms with van der Waals surface area (Å²) in [5.74, 6) is -0.562. The van der Waals surface area contributed by atoms with Crippen molar-refractivity contribution in [2.45, 2.75) is 25.6 Å². The van der Waals surface area contributed by atoms with Crippen molar-refractivity contribution >= 4 is 23.6 Å². The Morgan fingerprint density at radius 1 is 1.50 bits per heavy atom. The molecule has 0 aliphatic heterocycles. The Labute approximate surface area is 75.7 Å². The number of hydrogen-bond acceptors (Lipinski definition) is 3. The maximum absolute atomic E-state index is 10.8. The highest BCUT2D eigenvalue weighted by Gasteiger charge is 2.17. The monoisotopic (exact) mass is 191 g/mol. The van der Waals surface area contributed by atoms with Crippen molar-refractivity contribution in [3.63, 3.8) is 0 Å². The molecule has 0 heterocycles. The minimum Gasteiger partial charge on any atom is -0.479 e. The summed E-state index contributed by atoms with van der Waals surface area (Å²) in [5, 5.41) is 10.2. The van der Waals surface area contributed by atoms with Crippen LogP contribution < -0.4 is 5.32 Å². The molecule has 1 unspecified atom stereocenters. The van der Waals surface area contributed by atoms with Crippen LogP contribution in [0.5, 0.6) is 0 Å². The molecule has 12 heavy (non-hydrogen) atoms.